The van der Waals surface area contributed by atoms with Crippen LogP contribution in [0.15, 0.2) is 67.1 Å². The van der Waals surface area contributed by atoms with Gasteiger partial charge in [0.05, 0.1) is 36.8 Å². The quantitative estimate of drug-likeness (QED) is 0.442. The minimum atomic E-state index is -0.301. The molecule has 0 unspecified atom stereocenters. The Morgan fingerprint density at radius 2 is 1.67 bits per heavy atom. The summed E-state index contributed by atoms with van der Waals surface area (Å²) in [4.78, 5) is 40.3. The number of anilines is 1. The van der Waals surface area contributed by atoms with Gasteiger partial charge in [0.25, 0.3) is 11.8 Å². The van der Waals surface area contributed by atoms with Crippen LogP contribution in [0, 0.1) is 11.3 Å². The van der Waals surface area contributed by atoms with Crippen LogP contribution >= 0.6 is 0 Å². The van der Waals surface area contributed by atoms with Gasteiger partial charge in [0.15, 0.2) is 5.65 Å². The first-order chi connectivity index (χ1) is 15.9. The highest BCUT2D eigenvalue weighted by Gasteiger charge is 2.18. The Morgan fingerprint density at radius 3 is 2.30 bits per heavy atom. The van der Waals surface area contributed by atoms with Crippen LogP contribution in [0.25, 0.3) is 16.9 Å². The van der Waals surface area contributed by atoms with E-state index >= 15 is 0 Å². The van der Waals surface area contributed by atoms with Gasteiger partial charge in [-0.25, -0.2) is 15.0 Å². The van der Waals surface area contributed by atoms with Crippen LogP contribution < -0.4 is 4.90 Å². The van der Waals surface area contributed by atoms with E-state index in [1.165, 1.54) is 18.2 Å². The summed E-state index contributed by atoms with van der Waals surface area (Å²) in [5, 5.41) is 10.1. The van der Waals surface area contributed by atoms with Crippen molar-refractivity contribution in [2.75, 3.05) is 26.1 Å². The Balaban J connectivity index is 1.64. The largest absolute Gasteiger partial charge is 0.310 e. The summed E-state index contributed by atoms with van der Waals surface area (Å²) in [5.41, 5.74) is 4.05. The van der Waals surface area contributed by atoms with E-state index in [1.54, 1.807) is 67.3 Å². The average Bonchev–Trinajstić information content (AvgIpc) is 3.30. The van der Waals surface area contributed by atoms with Crippen molar-refractivity contribution < 1.29 is 14.4 Å². The lowest BCUT2D eigenvalue weighted by Crippen LogP contribution is -2.27. The molecule has 0 aliphatic carbocycles. The fourth-order valence-corrected chi connectivity index (χ4v) is 3.31. The number of aromatic nitrogens is 3. The van der Waals surface area contributed by atoms with Crippen LogP contribution in [0.2, 0.25) is 0 Å². The predicted octanol–water partition coefficient (Wildman–Crippen LogP) is 3.18. The Labute approximate surface area is 190 Å². The first-order valence-electron chi connectivity index (χ1n) is 9.97. The number of benzene rings is 2. The van der Waals surface area contributed by atoms with E-state index < -0.39 is 0 Å². The van der Waals surface area contributed by atoms with Gasteiger partial charge in [-0.15, -0.1) is 0 Å². The fourth-order valence-electron chi connectivity index (χ4n) is 3.31. The van der Waals surface area contributed by atoms with Crippen molar-refractivity contribution in [3.8, 4) is 17.3 Å². The van der Waals surface area contributed by atoms with Gasteiger partial charge in [-0.2, -0.15) is 5.26 Å². The molecule has 0 saturated heterocycles. The van der Waals surface area contributed by atoms with Crippen LogP contribution in [0.5, 0.6) is 0 Å². The third-order valence-electron chi connectivity index (χ3n) is 5.29. The molecule has 9 nitrogen and oxygen atoms in total. The fraction of sp³-hybridized carbons (Fsp3) is 0.125. The van der Waals surface area contributed by atoms with Crippen LogP contribution in [0.3, 0.4) is 0 Å². The molecule has 164 valence electrons. The molecule has 2 aromatic heterocycles. The monoisotopic (exact) mass is 440 g/mol. The zero-order chi connectivity index (χ0) is 23.5. The van der Waals surface area contributed by atoms with Crippen molar-refractivity contribution in [3.05, 3.63) is 83.9 Å². The van der Waals surface area contributed by atoms with Gasteiger partial charge in [0.1, 0.15) is 5.69 Å². The first-order valence-corrected chi connectivity index (χ1v) is 9.97. The highest BCUT2D eigenvalue weighted by molar-refractivity contribution is 6.04. The second-order valence-electron chi connectivity index (χ2n) is 7.23. The minimum absolute atomic E-state index is 0.238. The standard InChI is InChI=1S/C24H20N6O3/c1-28(19-10-4-16(12-25)5-11-19)24(32)20-15-30-21(13-27-22(30)14-26-20)17-6-8-18(9-7-17)23(31)29(2)33-3/h4-11,13-15H,1-3H3. The molecule has 2 heterocycles. The number of rotatable bonds is 5. The number of carbonyl (C=O) groups excluding carboxylic acids is 2. The molecule has 0 saturated carbocycles. The Morgan fingerprint density at radius 1 is 0.970 bits per heavy atom. The third kappa shape index (κ3) is 4.15. The summed E-state index contributed by atoms with van der Waals surface area (Å²) in [6.45, 7) is 0. The molecule has 0 N–H and O–H groups in total. The Bertz CT molecular complexity index is 1370. The molecule has 0 aliphatic rings. The van der Waals surface area contributed by atoms with E-state index in [-0.39, 0.29) is 17.5 Å². The molecule has 4 aromatic rings. The zero-order valence-corrected chi connectivity index (χ0v) is 18.3. The number of hydrogen-bond acceptors (Lipinski definition) is 6. The number of nitrogens with zero attached hydrogens (tertiary/aromatic N) is 6. The van der Waals surface area contributed by atoms with Crippen LogP contribution in [-0.2, 0) is 4.84 Å². The highest BCUT2D eigenvalue weighted by atomic mass is 16.7. The number of carbonyl (C=O) groups is 2. The molecular weight excluding hydrogens is 420 g/mol. The molecule has 9 heteroatoms. The van der Waals surface area contributed by atoms with E-state index in [0.29, 0.717) is 22.5 Å². The Hall–Kier alpha value is -4.55. The van der Waals surface area contributed by atoms with Crippen molar-refractivity contribution in [1.29, 1.82) is 5.26 Å². The molecule has 0 radical (unpaired) electrons. The van der Waals surface area contributed by atoms with Gasteiger partial charge >= 0.3 is 0 Å². The zero-order valence-electron chi connectivity index (χ0n) is 18.3. The summed E-state index contributed by atoms with van der Waals surface area (Å²) < 4.78 is 1.78. The molecule has 2 aromatic carbocycles. The van der Waals surface area contributed by atoms with E-state index in [1.807, 2.05) is 12.1 Å². The second kappa shape index (κ2) is 8.90. The molecule has 0 atom stereocenters. The van der Waals surface area contributed by atoms with Crippen molar-refractivity contribution in [2.45, 2.75) is 0 Å². The summed E-state index contributed by atoms with van der Waals surface area (Å²) in [6, 6.07) is 15.8. The number of amides is 2. The molecule has 0 spiro atoms. The maximum absolute atomic E-state index is 13.0. The SMILES string of the molecule is CON(C)C(=O)c1ccc(-c2cnc3cnc(C(=O)N(C)c4ccc(C#N)cc4)cn23)cc1. The number of imidazole rings is 1. The molecule has 33 heavy (non-hydrogen) atoms. The van der Waals surface area contributed by atoms with Crippen molar-refractivity contribution in [3.63, 3.8) is 0 Å². The molecule has 4 rings (SSSR count). The maximum atomic E-state index is 13.0. The van der Waals surface area contributed by atoms with E-state index in [2.05, 4.69) is 16.0 Å². The van der Waals surface area contributed by atoms with Crippen molar-refractivity contribution in [1.82, 2.24) is 19.4 Å². The molecule has 2 amide bonds. The van der Waals surface area contributed by atoms with Gasteiger partial charge in [-0.1, -0.05) is 12.1 Å². The number of hydroxylamine groups is 2. The predicted molar refractivity (Wildman–Crippen MR) is 121 cm³/mol. The van der Waals surface area contributed by atoms with Crippen LogP contribution in [0.4, 0.5) is 5.69 Å². The number of nitriles is 1. The van der Waals surface area contributed by atoms with Gasteiger partial charge in [0.2, 0.25) is 0 Å². The van der Waals surface area contributed by atoms with Gasteiger partial charge in [0, 0.05) is 37.1 Å². The lowest BCUT2D eigenvalue weighted by molar-refractivity contribution is -0.0756. The Kier molecular flexibility index (Phi) is 5.85. The average molecular weight is 440 g/mol. The highest BCUT2D eigenvalue weighted by Crippen LogP contribution is 2.23. The second-order valence-corrected chi connectivity index (χ2v) is 7.23. The van der Waals surface area contributed by atoms with Gasteiger partial charge < -0.3 is 4.90 Å². The molecule has 0 bridgehead atoms. The van der Waals surface area contributed by atoms with Gasteiger partial charge in [-0.3, -0.25) is 18.8 Å². The van der Waals surface area contributed by atoms with E-state index in [9.17, 15) is 9.59 Å². The van der Waals surface area contributed by atoms with E-state index in [4.69, 9.17) is 10.1 Å². The maximum Gasteiger partial charge on any atom is 0.278 e. The summed E-state index contributed by atoms with van der Waals surface area (Å²) in [7, 11) is 4.62. The third-order valence-corrected chi connectivity index (χ3v) is 5.29. The normalized spacial score (nSPS) is 10.6. The minimum Gasteiger partial charge on any atom is -0.310 e. The van der Waals surface area contributed by atoms with Crippen LogP contribution in [0.1, 0.15) is 26.4 Å². The lowest BCUT2D eigenvalue weighted by atomic mass is 10.1. The summed E-state index contributed by atoms with van der Waals surface area (Å²) >= 11 is 0. The molecular formula is C24H20N6O3. The van der Waals surface area contributed by atoms with Crippen molar-refractivity contribution >= 4 is 23.1 Å². The summed E-state index contributed by atoms with van der Waals surface area (Å²) in [6.07, 6.45) is 4.86. The van der Waals surface area contributed by atoms with Gasteiger partial charge in [-0.05, 0) is 36.4 Å². The number of fused-ring (bicyclic) bond motifs is 1. The smallest absolute Gasteiger partial charge is 0.278 e. The van der Waals surface area contributed by atoms with E-state index in [0.717, 1.165) is 16.3 Å². The summed E-state index contributed by atoms with van der Waals surface area (Å²) in [5.74, 6) is -0.560. The molecule has 0 aliphatic heterocycles. The topological polar surface area (TPSA) is 104 Å². The lowest BCUT2D eigenvalue weighted by Gasteiger charge is -2.17. The molecule has 0 fully saturated rings. The van der Waals surface area contributed by atoms with Crippen LogP contribution in [-0.4, -0.2) is 52.5 Å². The van der Waals surface area contributed by atoms with Crippen molar-refractivity contribution in [2.24, 2.45) is 0 Å². The number of hydrogen-bond donors (Lipinski definition) is 0. The first kappa shape index (κ1) is 21.7.